The minimum Gasteiger partial charge on any atom is -0.327 e. The van der Waals surface area contributed by atoms with Crippen LogP contribution >= 0.6 is 0 Å². The van der Waals surface area contributed by atoms with Crippen molar-refractivity contribution in [3.05, 3.63) is 30.1 Å². The SMILES string of the molecule is CC(c1ccncc1)C(N)C1CC1(C)C. The second-order valence-electron chi connectivity index (χ2n) is 5.45. The molecule has 1 heterocycles. The van der Waals surface area contributed by atoms with E-state index < -0.39 is 0 Å². The quantitative estimate of drug-likeness (QED) is 0.821. The highest BCUT2D eigenvalue weighted by Crippen LogP contribution is 2.55. The first-order valence-electron chi connectivity index (χ1n) is 5.68. The molecule has 0 saturated heterocycles. The second-order valence-corrected chi connectivity index (χ2v) is 5.45. The summed E-state index contributed by atoms with van der Waals surface area (Å²) in [7, 11) is 0. The maximum Gasteiger partial charge on any atom is 0.0270 e. The van der Waals surface area contributed by atoms with Crippen LogP contribution < -0.4 is 5.73 Å². The van der Waals surface area contributed by atoms with E-state index in [9.17, 15) is 0 Å². The van der Waals surface area contributed by atoms with Crippen molar-refractivity contribution in [3.8, 4) is 0 Å². The summed E-state index contributed by atoms with van der Waals surface area (Å²) in [6, 6.07) is 4.42. The summed E-state index contributed by atoms with van der Waals surface area (Å²) >= 11 is 0. The van der Waals surface area contributed by atoms with Crippen molar-refractivity contribution in [3.63, 3.8) is 0 Å². The van der Waals surface area contributed by atoms with Crippen molar-refractivity contribution in [2.75, 3.05) is 0 Å². The van der Waals surface area contributed by atoms with E-state index in [1.54, 1.807) is 0 Å². The second kappa shape index (κ2) is 3.60. The summed E-state index contributed by atoms with van der Waals surface area (Å²) < 4.78 is 0. The van der Waals surface area contributed by atoms with Gasteiger partial charge in [-0.05, 0) is 41.4 Å². The third-order valence-electron chi connectivity index (χ3n) is 3.86. The van der Waals surface area contributed by atoms with Gasteiger partial charge in [0.05, 0.1) is 0 Å². The van der Waals surface area contributed by atoms with Gasteiger partial charge in [-0.3, -0.25) is 4.98 Å². The molecule has 82 valence electrons. The molecule has 0 aromatic carbocycles. The van der Waals surface area contributed by atoms with E-state index in [4.69, 9.17) is 5.73 Å². The Morgan fingerprint density at radius 3 is 2.40 bits per heavy atom. The molecule has 0 spiro atoms. The van der Waals surface area contributed by atoms with E-state index in [0.29, 0.717) is 17.3 Å². The minimum atomic E-state index is 0.280. The predicted molar refractivity (Wildman–Crippen MR) is 62.5 cm³/mol. The van der Waals surface area contributed by atoms with Gasteiger partial charge in [0.2, 0.25) is 0 Å². The molecule has 1 aliphatic carbocycles. The van der Waals surface area contributed by atoms with Crippen LogP contribution in [0.25, 0.3) is 0 Å². The first kappa shape index (κ1) is 10.6. The van der Waals surface area contributed by atoms with Crippen molar-refractivity contribution in [1.82, 2.24) is 4.98 Å². The van der Waals surface area contributed by atoms with Crippen LogP contribution in [0.4, 0.5) is 0 Å². The Labute approximate surface area is 91.9 Å². The zero-order chi connectivity index (χ0) is 11.1. The zero-order valence-corrected chi connectivity index (χ0v) is 9.77. The molecule has 2 heteroatoms. The lowest BCUT2D eigenvalue weighted by Crippen LogP contribution is -2.30. The fourth-order valence-corrected chi connectivity index (χ4v) is 2.40. The number of hydrogen-bond acceptors (Lipinski definition) is 2. The third-order valence-corrected chi connectivity index (χ3v) is 3.86. The Kier molecular flexibility index (Phi) is 2.55. The van der Waals surface area contributed by atoms with Crippen molar-refractivity contribution in [2.45, 2.75) is 39.2 Å². The highest BCUT2D eigenvalue weighted by Gasteiger charge is 2.50. The van der Waals surface area contributed by atoms with Crippen LogP contribution in [0, 0.1) is 11.3 Å². The van der Waals surface area contributed by atoms with E-state index in [-0.39, 0.29) is 6.04 Å². The minimum absolute atomic E-state index is 0.280. The van der Waals surface area contributed by atoms with Gasteiger partial charge in [-0.25, -0.2) is 0 Å². The highest BCUT2D eigenvalue weighted by atomic mass is 14.7. The van der Waals surface area contributed by atoms with Gasteiger partial charge >= 0.3 is 0 Å². The number of pyridine rings is 1. The van der Waals surface area contributed by atoms with E-state index in [1.807, 2.05) is 12.4 Å². The highest BCUT2D eigenvalue weighted by molar-refractivity contribution is 5.19. The Morgan fingerprint density at radius 2 is 1.93 bits per heavy atom. The van der Waals surface area contributed by atoms with E-state index in [2.05, 4.69) is 37.9 Å². The van der Waals surface area contributed by atoms with Crippen LogP contribution in [-0.4, -0.2) is 11.0 Å². The Hall–Kier alpha value is -0.890. The molecule has 1 aromatic heterocycles. The molecule has 0 amide bonds. The topological polar surface area (TPSA) is 38.9 Å². The van der Waals surface area contributed by atoms with E-state index in [0.717, 1.165) is 0 Å². The average molecular weight is 204 g/mol. The molecule has 1 aromatic rings. The molecule has 2 rings (SSSR count). The van der Waals surface area contributed by atoms with Crippen LogP contribution in [0.3, 0.4) is 0 Å². The van der Waals surface area contributed by atoms with Crippen LogP contribution in [-0.2, 0) is 0 Å². The molecular weight excluding hydrogens is 184 g/mol. The van der Waals surface area contributed by atoms with Crippen molar-refractivity contribution in [1.29, 1.82) is 0 Å². The largest absolute Gasteiger partial charge is 0.327 e. The summed E-state index contributed by atoms with van der Waals surface area (Å²) in [6.45, 7) is 6.82. The predicted octanol–water partition coefficient (Wildman–Crippen LogP) is 2.56. The molecule has 2 N–H and O–H groups in total. The molecule has 3 atom stereocenters. The number of rotatable bonds is 3. The fraction of sp³-hybridized carbons (Fsp3) is 0.615. The summed E-state index contributed by atoms with van der Waals surface area (Å²) in [5.74, 6) is 1.11. The number of nitrogens with two attached hydrogens (primary N) is 1. The first-order chi connectivity index (χ1) is 7.02. The maximum atomic E-state index is 6.31. The van der Waals surface area contributed by atoms with Crippen molar-refractivity contribution < 1.29 is 0 Å². The lowest BCUT2D eigenvalue weighted by atomic mass is 9.89. The molecule has 0 aliphatic heterocycles. The Morgan fingerprint density at radius 1 is 1.40 bits per heavy atom. The van der Waals surface area contributed by atoms with Crippen molar-refractivity contribution in [2.24, 2.45) is 17.1 Å². The maximum absolute atomic E-state index is 6.31. The summed E-state index contributed by atoms with van der Waals surface area (Å²) in [5, 5.41) is 0. The fourth-order valence-electron chi connectivity index (χ4n) is 2.40. The van der Waals surface area contributed by atoms with Gasteiger partial charge in [-0.15, -0.1) is 0 Å². The van der Waals surface area contributed by atoms with Gasteiger partial charge in [-0.2, -0.15) is 0 Å². The average Bonchev–Trinajstić information content (AvgIpc) is 2.87. The third kappa shape index (κ3) is 2.05. The van der Waals surface area contributed by atoms with Gasteiger partial charge in [0.1, 0.15) is 0 Å². The molecule has 15 heavy (non-hydrogen) atoms. The Bertz CT molecular complexity index is 332. The van der Waals surface area contributed by atoms with Crippen molar-refractivity contribution >= 4 is 0 Å². The van der Waals surface area contributed by atoms with Gasteiger partial charge in [0, 0.05) is 18.4 Å². The van der Waals surface area contributed by atoms with Crippen LogP contribution in [0.5, 0.6) is 0 Å². The van der Waals surface area contributed by atoms with Gasteiger partial charge in [0.15, 0.2) is 0 Å². The van der Waals surface area contributed by atoms with Crippen LogP contribution in [0.2, 0.25) is 0 Å². The molecule has 3 unspecified atom stereocenters. The normalized spacial score (nSPS) is 27.1. The lowest BCUT2D eigenvalue weighted by molar-refractivity contribution is 0.434. The first-order valence-corrected chi connectivity index (χ1v) is 5.68. The lowest BCUT2D eigenvalue weighted by Gasteiger charge is -2.21. The summed E-state index contributed by atoms with van der Waals surface area (Å²) in [4.78, 5) is 4.04. The smallest absolute Gasteiger partial charge is 0.0270 e. The molecular formula is C13H20N2. The van der Waals surface area contributed by atoms with Gasteiger partial charge < -0.3 is 5.73 Å². The van der Waals surface area contributed by atoms with E-state index in [1.165, 1.54) is 12.0 Å². The number of nitrogens with zero attached hydrogens (tertiary/aromatic N) is 1. The molecule has 0 bridgehead atoms. The molecule has 0 radical (unpaired) electrons. The van der Waals surface area contributed by atoms with Gasteiger partial charge in [0.25, 0.3) is 0 Å². The molecule has 2 nitrogen and oxygen atoms in total. The Balaban J connectivity index is 2.06. The van der Waals surface area contributed by atoms with Gasteiger partial charge in [-0.1, -0.05) is 20.8 Å². The van der Waals surface area contributed by atoms with E-state index >= 15 is 0 Å². The van der Waals surface area contributed by atoms with Crippen LogP contribution in [0.15, 0.2) is 24.5 Å². The number of aromatic nitrogens is 1. The molecule has 1 fully saturated rings. The monoisotopic (exact) mass is 204 g/mol. The summed E-state index contributed by atoms with van der Waals surface area (Å²) in [6.07, 6.45) is 4.96. The standard InChI is InChI=1S/C13H20N2/c1-9(10-4-6-15-7-5-10)12(14)11-8-13(11,2)3/h4-7,9,11-12H,8,14H2,1-3H3. The van der Waals surface area contributed by atoms with Crippen LogP contribution in [0.1, 0.15) is 38.7 Å². The zero-order valence-electron chi connectivity index (χ0n) is 9.77. The molecule has 1 aliphatic rings. The molecule has 1 saturated carbocycles. The summed E-state index contributed by atoms with van der Waals surface area (Å²) in [5.41, 5.74) is 8.07. The number of hydrogen-bond donors (Lipinski definition) is 1.